The van der Waals surface area contributed by atoms with Crippen molar-refractivity contribution in [2.75, 3.05) is 78.2 Å². The molecule has 2 aliphatic rings. The molecule has 2 heterocycles. The lowest BCUT2D eigenvalue weighted by atomic mass is 10.1. The van der Waals surface area contributed by atoms with E-state index in [1.165, 1.54) is 0 Å². The summed E-state index contributed by atoms with van der Waals surface area (Å²) in [5, 5.41) is 5.33. The van der Waals surface area contributed by atoms with Gasteiger partial charge >= 0.3 is 12.1 Å². The van der Waals surface area contributed by atoms with Crippen molar-refractivity contribution in [1.82, 2.24) is 20.4 Å². The molecule has 4 amide bonds. The third-order valence-corrected chi connectivity index (χ3v) is 6.98. The Balaban J connectivity index is 1.60. The zero-order valence-electron chi connectivity index (χ0n) is 17.4. The number of hydrogen-bond acceptors (Lipinski definition) is 6. The number of likely N-dealkylation sites (tertiary alicyclic amines) is 2. The van der Waals surface area contributed by atoms with Gasteiger partial charge in [-0.05, 0) is 12.8 Å². The molecule has 29 heavy (non-hydrogen) atoms. The summed E-state index contributed by atoms with van der Waals surface area (Å²) in [6.07, 6.45) is 1.78. The van der Waals surface area contributed by atoms with Gasteiger partial charge in [-0.15, -0.1) is 0 Å². The molecule has 10 nitrogen and oxygen atoms in total. The molecule has 0 radical (unpaired) electrons. The van der Waals surface area contributed by atoms with Gasteiger partial charge in [-0.25, -0.2) is 18.0 Å². The highest BCUT2D eigenvalue weighted by molar-refractivity contribution is 7.91. The van der Waals surface area contributed by atoms with Gasteiger partial charge in [-0.1, -0.05) is 0 Å². The number of carbonyl (C=O) groups excluding carboxylic acids is 2. The molecule has 0 aliphatic carbocycles. The summed E-state index contributed by atoms with van der Waals surface area (Å²) in [6, 6.07) is -0.487. The highest BCUT2D eigenvalue weighted by Gasteiger charge is 2.27. The summed E-state index contributed by atoms with van der Waals surface area (Å²) >= 11 is 0. The molecule has 2 fully saturated rings. The lowest BCUT2D eigenvalue weighted by Crippen LogP contribution is -2.42. The Morgan fingerprint density at radius 2 is 1.28 bits per heavy atom. The van der Waals surface area contributed by atoms with E-state index in [9.17, 15) is 18.0 Å². The van der Waals surface area contributed by atoms with E-state index in [1.54, 1.807) is 24.0 Å². The molecule has 0 saturated carbocycles. The minimum absolute atomic E-state index is 0.0609. The maximum Gasteiger partial charge on any atom is 0.317 e. The van der Waals surface area contributed by atoms with Crippen LogP contribution in [0.4, 0.5) is 9.59 Å². The van der Waals surface area contributed by atoms with E-state index >= 15 is 0 Å². The average molecular weight is 435 g/mol. The third-order valence-electron chi connectivity index (χ3n) is 5.33. The van der Waals surface area contributed by atoms with Gasteiger partial charge in [0.05, 0.1) is 24.7 Å². The minimum atomic E-state index is -3.37. The van der Waals surface area contributed by atoms with Gasteiger partial charge in [0.15, 0.2) is 9.84 Å². The van der Waals surface area contributed by atoms with E-state index in [-0.39, 0.29) is 36.7 Å². The average Bonchev–Trinajstić information content (AvgIpc) is 3.32. The summed E-state index contributed by atoms with van der Waals surface area (Å²) in [7, 11) is -0.0888. The molecule has 2 N–H and O–H groups in total. The minimum Gasteiger partial charge on any atom is -0.384 e. The molecule has 0 spiro atoms. The first-order chi connectivity index (χ1) is 13.8. The Kier molecular flexibility index (Phi) is 9.44. The topological polar surface area (TPSA) is 117 Å². The summed E-state index contributed by atoms with van der Waals surface area (Å²) in [4.78, 5) is 27.6. The first-order valence-corrected chi connectivity index (χ1v) is 11.9. The zero-order valence-corrected chi connectivity index (χ0v) is 18.2. The molecule has 0 bridgehead atoms. The Morgan fingerprint density at radius 1 is 0.862 bits per heavy atom. The van der Waals surface area contributed by atoms with Crippen LogP contribution in [0.25, 0.3) is 0 Å². The van der Waals surface area contributed by atoms with Gasteiger partial charge in [0.2, 0.25) is 0 Å². The van der Waals surface area contributed by atoms with Crippen molar-refractivity contribution in [3.63, 3.8) is 0 Å². The summed E-state index contributed by atoms with van der Waals surface area (Å²) in [5.41, 5.74) is 0. The van der Waals surface area contributed by atoms with Crippen molar-refractivity contribution in [2.24, 2.45) is 11.8 Å². The predicted molar refractivity (Wildman–Crippen MR) is 109 cm³/mol. The predicted octanol–water partition coefficient (Wildman–Crippen LogP) is -0.243. The zero-order chi connectivity index (χ0) is 21.3. The van der Waals surface area contributed by atoms with E-state index in [0.717, 1.165) is 12.8 Å². The van der Waals surface area contributed by atoms with Gasteiger partial charge in [0.25, 0.3) is 0 Å². The molecule has 2 atom stereocenters. The van der Waals surface area contributed by atoms with Crippen molar-refractivity contribution in [3.05, 3.63) is 0 Å². The normalized spacial score (nSPS) is 22.1. The van der Waals surface area contributed by atoms with Crippen molar-refractivity contribution in [1.29, 1.82) is 0 Å². The van der Waals surface area contributed by atoms with Crippen LogP contribution in [0.1, 0.15) is 12.8 Å². The quantitative estimate of drug-likeness (QED) is 0.490. The number of sulfone groups is 1. The highest BCUT2D eigenvalue weighted by Crippen LogP contribution is 2.16. The van der Waals surface area contributed by atoms with Crippen LogP contribution in [-0.4, -0.2) is 108 Å². The van der Waals surface area contributed by atoms with Crippen LogP contribution in [0.5, 0.6) is 0 Å². The fraction of sp³-hybridized carbons (Fsp3) is 0.889. The van der Waals surface area contributed by atoms with Gasteiger partial charge in [0, 0.05) is 65.3 Å². The lowest BCUT2D eigenvalue weighted by molar-refractivity contribution is 0.153. The molecule has 11 heteroatoms. The van der Waals surface area contributed by atoms with Gasteiger partial charge < -0.3 is 29.9 Å². The molecule has 2 saturated heterocycles. The largest absolute Gasteiger partial charge is 0.384 e. The smallest absolute Gasteiger partial charge is 0.317 e. The Bertz CT molecular complexity index is 596. The summed E-state index contributed by atoms with van der Waals surface area (Å²) < 4.78 is 34.5. The standard InChI is InChI=1S/C18H34N4O6S/c1-27-13-15-3-7-21(11-15)17(23)19-5-9-29(25,26)10-6-20-18(24)22-8-4-16(12-22)14-28-2/h15-16H,3-14H2,1-2H3,(H,19,23)(H,20,24). The number of carbonyl (C=O) groups is 2. The van der Waals surface area contributed by atoms with Crippen molar-refractivity contribution >= 4 is 21.9 Å². The fourth-order valence-electron chi connectivity index (χ4n) is 3.73. The molecular weight excluding hydrogens is 400 g/mol. The van der Waals surface area contributed by atoms with Gasteiger partial charge in [0.1, 0.15) is 0 Å². The number of nitrogens with zero attached hydrogens (tertiary/aromatic N) is 2. The summed E-state index contributed by atoms with van der Waals surface area (Å²) in [6.45, 7) is 3.92. The maximum absolute atomic E-state index is 12.1. The molecule has 0 aromatic heterocycles. The van der Waals surface area contributed by atoms with Crippen molar-refractivity contribution in [3.8, 4) is 0 Å². The monoisotopic (exact) mass is 434 g/mol. The van der Waals surface area contributed by atoms with E-state index in [4.69, 9.17) is 9.47 Å². The SMILES string of the molecule is COCC1CCN(C(=O)NCCS(=O)(=O)CCNC(=O)N2CCC(COC)C2)C1. The molecule has 2 aliphatic heterocycles. The second-order valence-electron chi connectivity index (χ2n) is 7.73. The van der Waals surface area contributed by atoms with Crippen LogP contribution in [-0.2, 0) is 19.3 Å². The first kappa shape index (κ1) is 23.7. The van der Waals surface area contributed by atoms with Gasteiger partial charge in [-0.3, -0.25) is 0 Å². The van der Waals surface area contributed by atoms with Crippen molar-refractivity contribution in [2.45, 2.75) is 12.8 Å². The number of hydrogen-bond donors (Lipinski definition) is 2. The van der Waals surface area contributed by atoms with Gasteiger partial charge in [-0.2, -0.15) is 0 Å². The van der Waals surface area contributed by atoms with E-state index in [1.807, 2.05) is 0 Å². The molecular formula is C18H34N4O6S. The van der Waals surface area contributed by atoms with Crippen LogP contribution in [0, 0.1) is 11.8 Å². The van der Waals surface area contributed by atoms with E-state index in [0.29, 0.717) is 51.2 Å². The highest BCUT2D eigenvalue weighted by atomic mass is 32.2. The van der Waals surface area contributed by atoms with E-state index < -0.39 is 9.84 Å². The number of urea groups is 2. The number of nitrogens with one attached hydrogen (secondary N) is 2. The molecule has 2 unspecified atom stereocenters. The Labute approximate surface area is 173 Å². The lowest BCUT2D eigenvalue weighted by Gasteiger charge is -2.18. The molecule has 2 rings (SSSR count). The Hall–Kier alpha value is -1.59. The van der Waals surface area contributed by atoms with E-state index in [2.05, 4.69) is 10.6 Å². The van der Waals surface area contributed by atoms with Crippen LogP contribution in [0.3, 0.4) is 0 Å². The van der Waals surface area contributed by atoms with Crippen LogP contribution in [0.2, 0.25) is 0 Å². The summed E-state index contributed by atoms with van der Waals surface area (Å²) in [5.74, 6) is 0.365. The van der Waals surface area contributed by atoms with Crippen LogP contribution < -0.4 is 10.6 Å². The van der Waals surface area contributed by atoms with Crippen LogP contribution in [0.15, 0.2) is 0 Å². The number of rotatable bonds is 10. The third kappa shape index (κ3) is 7.98. The molecule has 0 aromatic rings. The number of ether oxygens (including phenoxy) is 2. The molecule has 168 valence electrons. The number of methoxy groups -OCH3 is 2. The number of amides is 4. The van der Waals surface area contributed by atoms with Crippen molar-refractivity contribution < 1.29 is 27.5 Å². The first-order valence-electron chi connectivity index (χ1n) is 10.1. The molecule has 0 aromatic carbocycles. The Morgan fingerprint density at radius 3 is 1.66 bits per heavy atom. The fourth-order valence-corrected chi connectivity index (χ4v) is 4.76. The second kappa shape index (κ2) is 11.6. The second-order valence-corrected chi connectivity index (χ2v) is 10.0. The van der Waals surface area contributed by atoms with Crippen LogP contribution >= 0.6 is 0 Å². The maximum atomic E-state index is 12.1.